The molecule has 0 unspecified atom stereocenters. The zero-order valence-electron chi connectivity index (χ0n) is 14.9. The lowest BCUT2D eigenvalue weighted by Crippen LogP contribution is -2.20. The first kappa shape index (κ1) is 19.8. The quantitative estimate of drug-likeness (QED) is 0.452. The molecule has 2 N–H and O–H groups in total. The van der Waals surface area contributed by atoms with Gasteiger partial charge in [0.05, 0.1) is 23.5 Å². The highest BCUT2D eigenvalue weighted by Gasteiger charge is 2.10. The van der Waals surface area contributed by atoms with Crippen LogP contribution in [-0.2, 0) is 9.59 Å². The number of nitrogens with zero attached hydrogens (tertiary/aromatic N) is 2. The highest BCUT2D eigenvalue weighted by molar-refractivity contribution is 7.22. The number of fused-ring (bicyclic) bond motifs is 1. The normalized spacial score (nSPS) is 10.9. The van der Waals surface area contributed by atoms with Crippen molar-refractivity contribution in [1.29, 1.82) is 0 Å². The van der Waals surface area contributed by atoms with Crippen molar-refractivity contribution in [2.45, 2.75) is 12.8 Å². The van der Waals surface area contributed by atoms with Gasteiger partial charge in [0.2, 0.25) is 11.8 Å². The number of methoxy groups -OCH3 is 1. The molecule has 2 aromatic carbocycles. The maximum absolute atomic E-state index is 12.0. The lowest BCUT2D eigenvalue weighted by atomic mass is 10.2. The van der Waals surface area contributed by atoms with Crippen LogP contribution in [0.5, 0.6) is 5.75 Å². The van der Waals surface area contributed by atoms with Crippen LogP contribution < -0.4 is 15.5 Å². The molecule has 7 nitrogen and oxygen atoms in total. The van der Waals surface area contributed by atoms with E-state index in [0.717, 1.165) is 21.5 Å². The van der Waals surface area contributed by atoms with Gasteiger partial charge in [-0.15, -0.1) is 0 Å². The Hall–Kier alpha value is -2.97. The Balaban J connectivity index is 1.45. The fourth-order valence-corrected chi connectivity index (χ4v) is 3.31. The van der Waals surface area contributed by atoms with E-state index in [1.54, 1.807) is 31.4 Å². The summed E-state index contributed by atoms with van der Waals surface area (Å²) in [6.45, 7) is 0. The van der Waals surface area contributed by atoms with Crippen LogP contribution in [0.25, 0.3) is 10.2 Å². The molecule has 0 aliphatic heterocycles. The summed E-state index contributed by atoms with van der Waals surface area (Å²) in [5.74, 6) is 0.0853. The third-order valence-corrected chi connectivity index (χ3v) is 4.88. The predicted molar refractivity (Wildman–Crippen MR) is 111 cm³/mol. The minimum Gasteiger partial charge on any atom is -0.497 e. The van der Waals surface area contributed by atoms with E-state index in [-0.39, 0.29) is 24.7 Å². The van der Waals surface area contributed by atoms with Gasteiger partial charge in [0, 0.05) is 17.9 Å². The Labute approximate surface area is 170 Å². The van der Waals surface area contributed by atoms with Gasteiger partial charge in [-0.1, -0.05) is 35.1 Å². The second kappa shape index (κ2) is 9.29. The van der Waals surface area contributed by atoms with Gasteiger partial charge in [0.15, 0.2) is 5.13 Å². The summed E-state index contributed by atoms with van der Waals surface area (Å²) in [6, 6.07) is 12.5. The van der Waals surface area contributed by atoms with Crippen molar-refractivity contribution >= 4 is 56.3 Å². The van der Waals surface area contributed by atoms with Gasteiger partial charge in [0.25, 0.3) is 0 Å². The molecule has 3 aromatic rings. The number of ether oxygens (including phenoxy) is 1. The zero-order valence-corrected chi connectivity index (χ0v) is 16.5. The Morgan fingerprint density at radius 3 is 2.68 bits per heavy atom. The average molecular weight is 417 g/mol. The molecule has 2 amide bonds. The highest BCUT2D eigenvalue weighted by Crippen LogP contribution is 2.29. The number of rotatable bonds is 7. The molecule has 0 atom stereocenters. The van der Waals surface area contributed by atoms with Crippen LogP contribution in [0.1, 0.15) is 18.4 Å². The first-order chi connectivity index (χ1) is 13.5. The van der Waals surface area contributed by atoms with Crippen molar-refractivity contribution in [3.8, 4) is 5.75 Å². The molecule has 1 aromatic heterocycles. The second-order valence-corrected chi connectivity index (χ2v) is 7.21. The molecule has 9 heteroatoms. The number of nitrogens with one attached hydrogen (secondary N) is 2. The van der Waals surface area contributed by atoms with Crippen LogP contribution in [-0.4, -0.2) is 30.1 Å². The molecule has 0 bridgehead atoms. The van der Waals surface area contributed by atoms with Crippen molar-refractivity contribution in [2.24, 2.45) is 5.10 Å². The SMILES string of the molecule is COc1ccc2nc(NC(=O)CCC(=O)NN=Cc3ccc(Cl)cc3)sc2c1. The molecule has 28 heavy (non-hydrogen) atoms. The molecular weight excluding hydrogens is 400 g/mol. The number of halogens is 1. The van der Waals surface area contributed by atoms with Crippen LogP contribution in [0.15, 0.2) is 47.6 Å². The number of hydrogen-bond acceptors (Lipinski definition) is 6. The zero-order chi connectivity index (χ0) is 19.9. The van der Waals surface area contributed by atoms with E-state index >= 15 is 0 Å². The smallest absolute Gasteiger partial charge is 0.240 e. The van der Waals surface area contributed by atoms with E-state index in [1.807, 2.05) is 18.2 Å². The largest absolute Gasteiger partial charge is 0.497 e. The molecule has 0 fully saturated rings. The molecule has 0 aliphatic rings. The fraction of sp³-hybridized carbons (Fsp3) is 0.158. The summed E-state index contributed by atoms with van der Waals surface area (Å²) in [5.41, 5.74) is 3.96. The number of amides is 2. The lowest BCUT2D eigenvalue weighted by Gasteiger charge is -2.01. The monoisotopic (exact) mass is 416 g/mol. The number of carbonyl (C=O) groups is 2. The molecular formula is C19H17ClN4O3S. The number of hydrazone groups is 1. The van der Waals surface area contributed by atoms with E-state index in [2.05, 4.69) is 20.8 Å². The molecule has 0 aliphatic carbocycles. The standard InChI is InChI=1S/C19H17ClN4O3S/c1-27-14-6-7-15-16(10-14)28-19(22-15)23-17(25)8-9-18(26)24-21-11-12-2-4-13(20)5-3-12/h2-7,10-11H,8-9H2,1H3,(H,24,26)(H,22,23,25). The van der Waals surface area contributed by atoms with Crippen molar-refractivity contribution < 1.29 is 14.3 Å². The summed E-state index contributed by atoms with van der Waals surface area (Å²) in [5, 5.41) is 7.67. The van der Waals surface area contributed by atoms with Gasteiger partial charge in [-0.3, -0.25) is 9.59 Å². The van der Waals surface area contributed by atoms with Crippen molar-refractivity contribution in [3.05, 3.63) is 53.1 Å². The van der Waals surface area contributed by atoms with Crippen molar-refractivity contribution in [2.75, 3.05) is 12.4 Å². The van der Waals surface area contributed by atoms with Crippen molar-refractivity contribution in [1.82, 2.24) is 10.4 Å². The van der Waals surface area contributed by atoms with Crippen LogP contribution in [0, 0.1) is 0 Å². The number of aromatic nitrogens is 1. The van der Waals surface area contributed by atoms with Crippen LogP contribution in [0.4, 0.5) is 5.13 Å². The summed E-state index contributed by atoms with van der Waals surface area (Å²) in [4.78, 5) is 28.2. The van der Waals surface area contributed by atoms with E-state index in [1.165, 1.54) is 17.6 Å². The Morgan fingerprint density at radius 2 is 1.93 bits per heavy atom. The van der Waals surface area contributed by atoms with Gasteiger partial charge in [-0.05, 0) is 35.9 Å². The topological polar surface area (TPSA) is 92.7 Å². The molecule has 0 radical (unpaired) electrons. The Kier molecular flexibility index (Phi) is 6.57. The summed E-state index contributed by atoms with van der Waals surface area (Å²) in [7, 11) is 1.59. The number of thiazole rings is 1. The molecule has 144 valence electrons. The summed E-state index contributed by atoms with van der Waals surface area (Å²) >= 11 is 7.15. The first-order valence-corrected chi connectivity index (χ1v) is 9.55. The third kappa shape index (κ3) is 5.51. The molecule has 1 heterocycles. The summed E-state index contributed by atoms with van der Waals surface area (Å²) in [6.07, 6.45) is 1.55. The summed E-state index contributed by atoms with van der Waals surface area (Å²) < 4.78 is 6.08. The predicted octanol–water partition coefficient (Wildman–Crippen LogP) is 3.83. The minimum absolute atomic E-state index is 0.0164. The first-order valence-electron chi connectivity index (χ1n) is 8.35. The van der Waals surface area contributed by atoms with Gasteiger partial charge >= 0.3 is 0 Å². The van der Waals surface area contributed by atoms with Crippen LogP contribution in [0.2, 0.25) is 5.02 Å². The number of benzene rings is 2. The van der Waals surface area contributed by atoms with Gasteiger partial charge in [-0.25, -0.2) is 10.4 Å². The molecule has 0 saturated heterocycles. The Bertz CT molecular complexity index is 1020. The second-order valence-electron chi connectivity index (χ2n) is 5.75. The van der Waals surface area contributed by atoms with Gasteiger partial charge in [-0.2, -0.15) is 5.10 Å². The van der Waals surface area contributed by atoms with Gasteiger partial charge in [0.1, 0.15) is 5.75 Å². The van der Waals surface area contributed by atoms with E-state index in [4.69, 9.17) is 16.3 Å². The van der Waals surface area contributed by atoms with E-state index in [0.29, 0.717) is 10.2 Å². The Morgan fingerprint density at radius 1 is 1.18 bits per heavy atom. The lowest BCUT2D eigenvalue weighted by molar-refractivity contribution is -0.124. The molecule has 0 spiro atoms. The van der Waals surface area contributed by atoms with E-state index < -0.39 is 0 Å². The molecule has 3 rings (SSSR count). The van der Waals surface area contributed by atoms with Crippen molar-refractivity contribution in [3.63, 3.8) is 0 Å². The van der Waals surface area contributed by atoms with E-state index in [9.17, 15) is 9.59 Å². The maximum atomic E-state index is 12.0. The number of anilines is 1. The number of carbonyl (C=O) groups excluding carboxylic acids is 2. The van der Waals surface area contributed by atoms with Crippen LogP contribution in [0.3, 0.4) is 0 Å². The molecule has 0 saturated carbocycles. The van der Waals surface area contributed by atoms with Gasteiger partial charge < -0.3 is 10.1 Å². The highest BCUT2D eigenvalue weighted by atomic mass is 35.5. The van der Waals surface area contributed by atoms with Crippen LogP contribution >= 0.6 is 22.9 Å². The third-order valence-electron chi connectivity index (χ3n) is 3.69. The average Bonchev–Trinajstić information content (AvgIpc) is 3.09. The minimum atomic E-state index is -0.352. The fourth-order valence-electron chi connectivity index (χ4n) is 2.28. The maximum Gasteiger partial charge on any atom is 0.240 e. The number of hydrogen-bond donors (Lipinski definition) is 2.